The summed E-state index contributed by atoms with van der Waals surface area (Å²) in [7, 11) is 0. The van der Waals surface area contributed by atoms with Crippen molar-refractivity contribution in [3.8, 4) is 0 Å². The zero-order chi connectivity index (χ0) is 15.5. The molecule has 21 heavy (non-hydrogen) atoms. The van der Waals surface area contributed by atoms with E-state index in [0.717, 1.165) is 43.5 Å². The Hall–Kier alpha value is -1.07. The van der Waals surface area contributed by atoms with Gasteiger partial charge in [-0.3, -0.25) is 4.90 Å². The molecule has 1 aromatic rings. The number of benzene rings is 1. The van der Waals surface area contributed by atoms with Crippen LogP contribution in [-0.2, 0) is 6.18 Å². The van der Waals surface area contributed by atoms with Crippen molar-refractivity contribution in [2.75, 3.05) is 13.1 Å². The first kappa shape index (κ1) is 16.3. The molecule has 0 aromatic heterocycles. The number of likely N-dealkylation sites (tertiary alicyclic amines) is 1. The van der Waals surface area contributed by atoms with Gasteiger partial charge >= 0.3 is 6.18 Å². The molecular formula is C16H23F3N2. The SMILES string of the molecule is CCC1CCCCN1C(CN)c1ccc(C(F)(F)F)cc1. The number of rotatable bonds is 4. The van der Waals surface area contributed by atoms with E-state index < -0.39 is 11.7 Å². The Morgan fingerprint density at radius 1 is 1.24 bits per heavy atom. The normalized spacial score (nSPS) is 22.2. The summed E-state index contributed by atoms with van der Waals surface area (Å²) >= 11 is 0. The van der Waals surface area contributed by atoms with Crippen LogP contribution in [0.5, 0.6) is 0 Å². The topological polar surface area (TPSA) is 29.3 Å². The van der Waals surface area contributed by atoms with E-state index in [9.17, 15) is 13.2 Å². The van der Waals surface area contributed by atoms with Crippen molar-refractivity contribution in [2.45, 2.75) is 50.9 Å². The third kappa shape index (κ3) is 3.77. The number of alkyl halides is 3. The van der Waals surface area contributed by atoms with E-state index in [-0.39, 0.29) is 6.04 Å². The van der Waals surface area contributed by atoms with Crippen molar-refractivity contribution in [3.05, 3.63) is 35.4 Å². The molecule has 0 aliphatic carbocycles. The summed E-state index contributed by atoms with van der Waals surface area (Å²) in [4.78, 5) is 2.37. The molecule has 1 fully saturated rings. The van der Waals surface area contributed by atoms with Gasteiger partial charge in [-0.15, -0.1) is 0 Å². The van der Waals surface area contributed by atoms with Gasteiger partial charge in [0.1, 0.15) is 0 Å². The monoisotopic (exact) mass is 300 g/mol. The van der Waals surface area contributed by atoms with Crippen LogP contribution in [0.15, 0.2) is 24.3 Å². The fourth-order valence-corrected chi connectivity index (χ4v) is 3.23. The minimum atomic E-state index is -4.28. The van der Waals surface area contributed by atoms with Crippen LogP contribution >= 0.6 is 0 Å². The summed E-state index contributed by atoms with van der Waals surface area (Å²) < 4.78 is 37.9. The number of halogens is 3. The van der Waals surface area contributed by atoms with E-state index in [4.69, 9.17) is 5.73 Å². The van der Waals surface area contributed by atoms with Gasteiger partial charge in [0.15, 0.2) is 0 Å². The summed E-state index contributed by atoms with van der Waals surface area (Å²) in [6.07, 6.45) is 0.269. The Morgan fingerprint density at radius 2 is 1.90 bits per heavy atom. The first-order valence-electron chi connectivity index (χ1n) is 7.60. The minimum absolute atomic E-state index is 0.0116. The lowest BCUT2D eigenvalue weighted by Gasteiger charge is -2.41. The second-order valence-electron chi connectivity index (χ2n) is 5.67. The molecule has 1 heterocycles. The molecule has 2 N–H and O–H groups in total. The van der Waals surface area contributed by atoms with Crippen molar-refractivity contribution in [2.24, 2.45) is 5.73 Å². The summed E-state index contributed by atoms with van der Waals surface area (Å²) in [6, 6.07) is 5.95. The maximum Gasteiger partial charge on any atom is 0.416 e. The summed E-state index contributed by atoms with van der Waals surface area (Å²) in [5.74, 6) is 0. The number of hydrogen-bond acceptors (Lipinski definition) is 2. The van der Waals surface area contributed by atoms with E-state index in [0.29, 0.717) is 12.6 Å². The Balaban J connectivity index is 2.20. The fourth-order valence-electron chi connectivity index (χ4n) is 3.23. The van der Waals surface area contributed by atoms with E-state index >= 15 is 0 Å². The lowest BCUT2D eigenvalue weighted by atomic mass is 9.94. The minimum Gasteiger partial charge on any atom is -0.329 e. The quantitative estimate of drug-likeness (QED) is 0.911. The molecule has 1 saturated heterocycles. The van der Waals surface area contributed by atoms with Crippen molar-refractivity contribution in [3.63, 3.8) is 0 Å². The molecule has 118 valence electrons. The van der Waals surface area contributed by atoms with Crippen molar-refractivity contribution in [1.82, 2.24) is 4.90 Å². The Kier molecular flexibility index (Phi) is 5.27. The molecule has 1 aliphatic rings. The molecule has 5 heteroatoms. The zero-order valence-electron chi connectivity index (χ0n) is 12.4. The molecule has 0 spiro atoms. The standard InChI is InChI=1S/C16H23F3N2/c1-2-14-5-3-4-10-21(14)15(11-20)12-6-8-13(9-7-12)16(17,18)19/h6-9,14-15H,2-5,10-11,20H2,1H3. The number of nitrogens with zero attached hydrogens (tertiary/aromatic N) is 1. The van der Waals surface area contributed by atoms with Gasteiger partial charge in [-0.1, -0.05) is 25.5 Å². The molecule has 1 aliphatic heterocycles. The third-order valence-corrected chi connectivity index (χ3v) is 4.39. The Bertz CT molecular complexity index is 442. The second-order valence-corrected chi connectivity index (χ2v) is 5.67. The molecule has 2 unspecified atom stereocenters. The third-order valence-electron chi connectivity index (χ3n) is 4.39. The number of nitrogens with two attached hydrogens (primary N) is 1. The molecule has 2 atom stereocenters. The highest BCUT2D eigenvalue weighted by Gasteiger charge is 2.31. The predicted octanol–water partition coefficient (Wildman–Crippen LogP) is 3.97. The smallest absolute Gasteiger partial charge is 0.329 e. The van der Waals surface area contributed by atoms with E-state index in [1.54, 1.807) is 12.1 Å². The van der Waals surface area contributed by atoms with Gasteiger partial charge in [-0.2, -0.15) is 13.2 Å². The van der Waals surface area contributed by atoms with Crippen LogP contribution in [0.4, 0.5) is 13.2 Å². The summed E-state index contributed by atoms with van der Waals surface area (Å²) in [5, 5.41) is 0. The van der Waals surface area contributed by atoms with Crippen molar-refractivity contribution < 1.29 is 13.2 Å². The molecule has 0 amide bonds. The van der Waals surface area contributed by atoms with Crippen molar-refractivity contribution >= 4 is 0 Å². The van der Waals surface area contributed by atoms with Gasteiger partial charge in [0, 0.05) is 18.6 Å². The fraction of sp³-hybridized carbons (Fsp3) is 0.625. The average molecular weight is 300 g/mol. The molecular weight excluding hydrogens is 277 g/mol. The lowest BCUT2D eigenvalue weighted by molar-refractivity contribution is -0.137. The van der Waals surface area contributed by atoms with Gasteiger partial charge in [0.2, 0.25) is 0 Å². The maximum absolute atomic E-state index is 12.6. The first-order chi connectivity index (χ1) is 9.97. The van der Waals surface area contributed by atoms with Crippen LogP contribution in [0.3, 0.4) is 0 Å². The summed E-state index contributed by atoms with van der Waals surface area (Å²) in [6.45, 7) is 3.56. The number of piperidine rings is 1. The molecule has 0 bridgehead atoms. The molecule has 1 aromatic carbocycles. The van der Waals surface area contributed by atoms with Crippen LogP contribution in [0.2, 0.25) is 0 Å². The Morgan fingerprint density at radius 3 is 2.43 bits per heavy atom. The summed E-state index contributed by atoms with van der Waals surface area (Å²) in [5.41, 5.74) is 6.19. The van der Waals surface area contributed by atoms with Gasteiger partial charge in [0.05, 0.1) is 5.56 Å². The van der Waals surface area contributed by atoms with Crippen LogP contribution in [0.25, 0.3) is 0 Å². The van der Waals surface area contributed by atoms with E-state index in [1.807, 2.05) is 0 Å². The highest BCUT2D eigenvalue weighted by atomic mass is 19.4. The van der Waals surface area contributed by atoms with Crippen LogP contribution in [0, 0.1) is 0 Å². The predicted molar refractivity (Wildman–Crippen MR) is 77.9 cm³/mol. The van der Waals surface area contributed by atoms with E-state index in [2.05, 4.69) is 11.8 Å². The zero-order valence-corrected chi connectivity index (χ0v) is 12.4. The lowest BCUT2D eigenvalue weighted by Crippen LogP contribution is -2.44. The molecule has 0 saturated carbocycles. The maximum atomic E-state index is 12.6. The van der Waals surface area contributed by atoms with Gasteiger partial charge < -0.3 is 5.73 Å². The van der Waals surface area contributed by atoms with Gasteiger partial charge in [-0.05, 0) is 43.5 Å². The largest absolute Gasteiger partial charge is 0.416 e. The molecule has 2 nitrogen and oxygen atoms in total. The van der Waals surface area contributed by atoms with Crippen LogP contribution in [-0.4, -0.2) is 24.0 Å². The first-order valence-corrected chi connectivity index (χ1v) is 7.60. The average Bonchev–Trinajstić information content (AvgIpc) is 2.48. The second kappa shape index (κ2) is 6.79. The van der Waals surface area contributed by atoms with Crippen molar-refractivity contribution in [1.29, 1.82) is 0 Å². The van der Waals surface area contributed by atoms with E-state index in [1.165, 1.54) is 6.42 Å². The molecule has 2 rings (SSSR count). The van der Waals surface area contributed by atoms with Gasteiger partial charge in [-0.25, -0.2) is 0 Å². The van der Waals surface area contributed by atoms with Crippen LogP contribution in [0.1, 0.15) is 49.8 Å². The van der Waals surface area contributed by atoms with Gasteiger partial charge in [0.25, 0.3) is 0 Å². The number of hydrogen-bond donors (Lipinski definition) is 1. The highest BCUT2D eigenvalue weighted by molar-refractivity contribution is 5.27. The Labute approximate surface area is 124 Å². The highest BCUT2D eigenvalue weighted by Crippen LogP contribution is 2.33. The molecule has 0 radical (unpaired) electrons. The van der Waals surface area contributed by atoms with Crippen LogP contribution < -0.4 is 5.73 Å².